The fraction of sp³-hybridized carbons (Fsp3) is 0.348. The highest BCUT2D eigenvalue weighted by Gasteiger charge is 2.18. The number of carbonyl (C=O) groups is 1. The lowest BCUT2D eigenvalue weighted by molar-refractivity contribution is 0.0992. The van der Waals surface area contributed by atoms with Crippen LogP contribution in [0.3, 0.4) is 0 Å². The molecule has 160 valence electrons. The smallest absolute Gasteiger partial charge is 0.293 e. The molecule has 3 aromatic rings. The van der Waals surface area contributed by atoms with Crippen LogP contribution in [0, 0.1) is 17.2 Å². The number of thiazole rings is 1. The number of hydrogen-bond acceptors (Lipinski definition) is 7. The number of hydrogen-bond donors (Lipinski definition) is 1. The van der Waals surface area contributed by atoms with E-state index < -0.39 is 0 Å². The Kier molecular flexibility index (Phi) is 6.65. The summed E-state index contributed by atoms with van der Waals surface area (Å²) in [5.41, 5.74) is 1.42. The molecule has 0 aliphatic carbocycles. The van der Waals surface area contributed by atoms with Crippen molar-refractivity contribution in [1.82, 2.24) is 9.88 Å². The number of nitrogens with one attached hydrogen (secondary N) is 1. The SMILES string of the molecule is CC1CCN(Cc2csc(NC(=O)c3ccc(COc4ccccc4C#N)o3)n2)CC1. The van der Waals surface area contributed by atoms with Gasteiger partial charge in [0, 0.05) is 11.9 Å². The minimum atomic E-state index is -0.351. The molecular weight excluding hydrogens is 412 g/mol. The van der Waals surface area contributed by atoms with Crippen LogP contribution in [-0.4, -0.2) is 28.9 Å². The number of para-hydroxylation sites is 1. The van der Waals surface area contributed by atoms with Crippen molar-refractivity contribution in [2.45, 2.75) is 32.9 Å². The van der Waals surface area contributed by atoms with E-state index in [1.807, 2.05) is 5.38 Å². The number of carbonyl (C=O) groups excluding carboxylic acids is 1. The molecule has 0 atom stereocenters. The van der Waals surface area contributed by atoms with Gasteiger partial charge in [0.15, 0.2) is 10.9 Å². The summed E-state index contributed by atoms with van der Waals surface area (Å²) in [5.74, 6) is 1.61. The van der Waals surface area contributed by atoms with Crippen LogP contribution >= 0.6 is 11.3 Å². The Morgan fingerprint density at radius 1 is 1.32 bits per heavy atom. The second-order valence-electron chi connectivity index (χ2n) is 7.72. The van der Waals surface area contributed by atoms with E-state index in [1.165, 1.54) is 24.2 Å². The molecule has 1 amide bonds. The number of aromatic nitrogens is 1. The van der Waals surface area contributed by atoms with Crippen LogP contribution in [0.25, 0.3) is 0 Å². The molecular formula is C23H24N4O3S. The Labute approximate surface area is 185 Å². The van der Waals surface area contributed by atoms with Crippen molar-refractivity contribution in [3.05, 3.63) is 64.6 Å². The van der Waals surface area contributed by atoms with Crippen LogP contribution in [0.15, 0.2) is 46.2 Å². The number of nitrogens with zero attached hydrogens (tertiary/aromatic N) is 3. The summed E-state index contributed by atoms with van der Waals surface area (Å²) in [7, 11) is 0. The standard InChI is InChI=1S/C23H24N4O3S/c1-16-8-10-27(11-9-16)13-18-15-31-23(25-18)26-22(28)21-7-6-19(30-21)14-29-20-5-3-2-4-17(20)12-24/h2-7,15-16H,8-11,13-14H2,1H3,(H,25,26,28). The van der Waals surface area contributed by atoms with Crippen molar-refractivity contribution < 1.29 is 13.9 Å². The summed E-state index contributed by atoms with van der Waals surface area (Å²) in [6.07, 6.45) is 2.45. The number of amides is 1. The third-order valence-electron chi connectivity index (χ3n) is 5.30. The molecule has 1 aromatic carbocycles. The molecule has 0 unspecified atom stereocenters. The fourth-order valence-electron chi connectivity index (χ4n) is 3.46. The van der Waals surface area contributed by atoms with Crippen LogP contribution in [-0.2, 0) is 13.2 Å². The Bertz CT molecular complexity index is 1080. The minimum absolute atomic E-state index is 0.127. The van der Waals surface area contributed by atoms with Gasteiger partial charge in [-0.05, 0) is 56.1 Å². The van der Waals surface area contributed by atoms with Crippen LogP contribution in [0.5, 0.6) is 5.75 Å². The van der Waals surface area contributed by atoms with Crippen molar-refractivity contribution in [3.63, 3.8) is 0 Å². The molecule has 7 nitrogen and oxygen atoms in total. The molecule has 1 aliphatic rings. The Hall–Kier alpha value is -3.15. The monoisotopic (exact) mass is 436 g/mol. The number of rotatable bonds is 7. The van der Waals surface area contributed by atoms with Crippen LogP contribution in [0.4, 0.5) is 5.13 Å². The van der Waals surface area contributed by atoms with Crippen molar-refractivity contribution in [1.29, 1.82) is 5.26 Å². The molecule has 1 aliphatic heterocycles. The fourth-order valence-corrected chi connectivity index (χ4v) is 4.15. The Morgan fingerprint density at radius 3 is 2.94 bits per heavy atom. The number of ether oxygens (including phenoxy) is 1. The largest absolute Gasteiger partial charge is 0.484 e. The summed E-state index contributed by atoms with van der Waals surface area (Å²) in [5, 5.41) is 14.5. The van der Waals surface area contributed by atoms with E-state index in [1.54, 1.807) is 36.4 Å². The average molecular weight is 437 g/mol. The lowest BCUT2D eigenvalue weighted by atomic mass is 9.99. The number of furan rings is 1. The van der Waals surface area contributed by atoms with E-state index in [-0.39, 0.29) is 18.3 Å². The van der Waals surface area contributed by atoms with Gasteiger partial charge in [0.1, 0.15) is 24.2 Å². The highest BCUT2D eigenvalue weighted by molar-refractivity contribution is 7.13. The minimum Gasteiger partial charge on any atom is -0.484 e. The lowest BCUT2D eigenvalue weighted by Crippen LogP contribution is -2.32. The van der Waals surface area contributed by atoms with Gasteiger partial charge in [0.05, 0.1) is 11.3 Å². The van der Waals surface area contributed by atoms with Gasteiger partial charge in [-0.1, -0.05) is 19.1 Å². The van der Waals surface area contributed by atoms with Gasteiger partial charge < -0.3 is 9.15 Å². The van der Waals surface area contributed by atoms with Crippen LogP contribution < -0.4 is 10.1 Å². The molecule has 31 heavy (non-hydrogen) atoms. The molecule has 2 aromatic heterocycles. The predicted molar refractivity (Wildman–Crippen MR) is 118 cm³/mol. The second-order valence-corrected chi connectivity index (χ2v) is 8.58. The quantitative estimate of drug-likeness (QED) is 0.579. The van der Waals surface area contributed by atoms with Crippen molar-refractivity contribution in [2.24, 2.45) is 5.92 Å². The summed E-state index contributed by atoms with van der Waals surface area (Å²) < 4.78 is 11.2. The maximum atomic E-state index is 12.5. The molecule has 8 heteroatoms. The first-order valence-electron chi connectivity index (χ1n) is 10.3. The third kappa shape index (κ3) is 5.51. The Morgan fingerprint density at radius 2 is 2.13 bits per heavy atom. The van der Waals surface area contributed by atoms with Gasteiger partial charge in [-0.15, -0.1) is 11.3 Å². The van der Waals surface area contributed by atoms with Crippen molar-refractivity contribution >= 4 is 22.4 Å². The molecule has 1 fully saturated rings. The van der Waals surface area contributed by atoms with E-state index in [0.717, 1.165) is 31.2 Å². The summed E-state index contributed by atoms with van der Waals surface area (Å²) in [6.45, 7) is 5.42. The molecule has 3 heterocycles. The number of piperidine rings is 1. The zero-order valence-electron chi connectivity index (χ0n) is 17.3. The summed E-state index contributed by atoms with van der Waals surface area (Å²) >= 11 is 1.41. The van der Waals surface area contributed by atoms with Gasteiger partial charge in [-0.2, -0.15) is 5.26 Å². The number of anilines is 1. The zero-order valence-corrected chi connectivity index (χ0v) is 18.2. The highest BCUT2D eigenvalue weighted by Crippen LogP contribution is 2.22. The molecule has 0 saturated carbocycles. The van der Waals surface area contributed by atoms with Crippen LogP contribution in [0.2, 0.25) is 0 Å². The van der Waals surface area contributed by atoms with E-state index in [4.69, 9.17) is 14.4 Å². The van der Waals surface area contributed by atoms with Crippen molar-refractivity contribution in [2.75, 3.05) is 18.4 Å². The van der Waals surface area contributed by atoms with E-state index >= 15 is 0 Å². The van der Waals surface area contributed by atoms with E-state index in [2.05, 4.69) is 28.2 Å². The second kappa shape index (κ2) is 9.77. The molecule has 1 N–H and O–H groups in total. The topological polar surface area (TPSA) is 91.4 Å². The first-order valence-corrected chi connectivity index (χ1v) is 11.2. The molecule has 4 rings (SSSR count). The van der Waals surface area contributed by atoms with Gasteiger partial charge in [-0.3, -0.25) is 15.0 Å². The highest BCUT2D eigenvalue weighted by atomic mass is 32.1. The maximum absolute atomic E-state index is 12.5. The van der Waals surface area contributed by atoms with E-state index in [0.29, 0.717) is 22.2 Å². The molecule has 1 saturated heterocycles. The first-order chi connectivity index (χ1) is 15.1. The van der Waals surface area contributed by atoms with Gasteiger partial charge in [0.25, 0.3) is 5.91 Å². The van der Waals surface area contributed by atoms with Crippen LogP contribution in [0.1, 0.15) is 47.3 Å². The third-order valence-corrected chi connectivity index (χ3v) is 6.10. The van der Waals surface area contributed by atoms with Crippen molar-refractivity contribution in [3.8, 4) is 11.8 Å². The number of nitriles is 1. The molecule has 0 radical (unpaired) electrons. The molecule has 0 spiro atoms. The number of likely N-dealkylation sites (tertiary alicyclic amines) is 1. The zero-order chi connectivity index (χ0) is 21.6. The summed E-state index contributed by atoms with van der Waals surface area (Å²) in [6, 6.07) is 12.4. The number of benzene rings is 1. The summed E-state index contributed by atoms with van der Waals surface area (Å²) in [4.78, 5) is 19.5. The normalized spacial score (nSPS) is 14.8. The predicted octanol–water partition coefficient (Wildman–Crippen LogP) is 4.67. The molecule has 0 bridgehead atoms. The Balaban J connectivity index is 1.30. The lowest BCUT2D eigenvalue weighted by Gasteiger charge is -2.29. The van der Waals surface area contributed by atoms with Gasteiger partial charge in [0.2, 0.25) is 0 Å². The van der Waals surface area contributed by atoms with E-state index in [9.17, 15) is 4.79 Å². The first kappa shape index (κ1) is 21.1. The average Bonchev–Trinajstić information content (AvgIpc) is 3.44. The maximum Gasteiger partial charge on any atom is 0.293 e. The van der Waals surface area contributed by atoms with Gasteiger partial charge >= 0.3 is 0 Å². The van der Waals surface area contributed by atoms with Gasteiger partial charge in [-0.25, -0.2) is 4.98 Å².